The van der Waals surface area contributed by atoms with Gasteiger partial charge in [0.05, 0.1) is 0 Å². The Morgan fingerprint density at radius 2 is 2.07 bits per heavy atom. The third kappa shape index (κ3) is 2.11. The van der Waals surface area contributed by atoms with Gasteiger partial charge in [-0.05, 0) is 0 Å². The minimum absolute atomic E-state index is 0.412. The second-order valence-electron chi connectivity index (χ2n) is 2.26. The summed E-state index contributed by atoms with van der Waals surface area (Å²) in [5.41, 5.74) is 3.53. The monoisotopic (exact) mass is 225 g/mol. The van der Waals surface area contributed by atoms with Crippen LogP contribution >= 0.6 is 11.6 Å². The highest BCUT2D eigenvalue weighted by Crippen LogP contribution is 2.32. The normalized spacial score (nSPS) is 11.4. The van der Waals surface area contributed by atoms with Gasteiger partial charge in [0, 0.05) is 6.20 Å². The van der Waals surface area contributed by atoms with Gasteiger partial charge in [0.15, 0.2) is 0 Å². The fraction of sp³-hybridized carbons (Fsp3) is 0.167. The standard InChI is InChI=1S/C6H3ClF3N3O/c7-3-2(6(8,9)10)1-12-5(13-3)4(11)14/h1H,(H2,11,14). The highest BCUT2D eigenvalue weighted by molar-refractivity contribution is 6.30. The summed E-state index contributed by atoms with van der Waals surface area (Å²) in [4.78, 5) is 16.7. The van der Waals surface area contributed by atoms with Crippen LogP contribution in [0.5, 0.6) is 0 Å². The number of halogens is 4. The summed E-state index contributed by atoms with van der Waals surface area (Å²) >= 11 is 5.18. The number of rotatable bonds is 1. The highest BCUT2D eigenvalue weighted by atomic mass is 35.5. The number of aromatic nitrogens is 2. The number of nitrogens with two attached hydrogens (primary N) is 1. The lowest BCUT2D eigenvalue weighted by Gasteiger charge is -2.07. The van der Waals surface area contributed by atoms with Crippen LogP contribution in [0.15, 0.2) is 6.20 Å². The molecule has 0 atom stereocenters. The summed E-state index contributed by atoms with van der Waals surface area (Å²) in [6.45, 7) is 0. The van der Waals surface area contributed by atoms with Gasteiger partial charge >= 0.3 is 6.18 Å². The van der Waals surface area contributed by atoms with E-state index < -0.39 is 28.6 Å². The average Bonchev–Trinajstić information content (AvgIpc) is 2.01. The Labute approximate surface area is 80.9 Å². The molecular weight excluding hydrogens is 223 g/mol. The van der Waals surface area contributed by atoms with Gasteiger partial charge in [-0.1, -0.05) is 11.6 Å². The van der Waals surface area contributed by atoms with E-state index in [1.54, 1.807) is 0 Å². The van der Waals surface area contributed by atoms with Crippen LogP contribution in [0, 0.1) is 0 Å². The van der Waals surface area contributed by atoms with Crippen molar-refractivity contribution in [3.8, 4) is 0 Å². The highest BCUT2D eigenvalue weighted by Gasteiger charge is 2.34. The fourth-order valence-electron chi connectivity index (χ4n) is 0.670. The van der Waals surface area contributed by atoms with Gasteiger partial charge in [0.25, 0.3) is 5.91 Å². The van der Waals surface area contributed by atoms with Gasteiger partial charge in [-0.2, -0.15) is 13.2 Å². The van der Waals surface area contributed by atoms with E-state index in [-0.39, 0.29) is 0 Å². The fourth-order valence-corrected chi connectivity index (χ4v) is 0.906. The molecule has 1 aromatic rings. The first-order chi connectivity index (χ1) is 6.32. The van der Waals surface area contributed by atoms with Crippen LogP contribution < -0.4 is 5.73 Å². The average molecular weight is 226 g/mol. The van der Waals surface area contributed by atoms with Crippen LogP contribution in [0.2, 0.25) is 5.15 Å². The number of primary amides is 1. The second kappa shape index (κ2) is 3.41. The molecular formula is C6H3ClF3N3O. The minimum Gasteiger partial charge on any atom is -0.363 e. The summed E-state index contributed by atoms with van der Waals surface area (Å²) in [5.74, 6) is -1.59. The molecule has 0 unspecified atom stereocenters. The SMILES string of the molecule is NC(=O)c1ncc(C(F)(F)F)c(Cl)n1. The van der Waals surface area contributed by atoms with E-state index in [1.165, 1.54) is 0 Å². The molecule has 2 N–H and O–H groups in total. The van der Waals surface area contributed by atoms with Gasteiger partial charge in [-0.25, -0.2) is 9.97 Å². The lowest BCUT2D eigenvalue weighted by atomic mass is 10.3. The Hall–Kier alpha value is -1.37. The predicted octanol–water partition coefficient (Wildman–Crippen LogP) is 1.25. The number of hydrogen-bond donors (Lipinski definition) is 1. The summed E-state index contributed by atoms with van der Waals surface area (Å²) in [6.07, 6.45) is -4.23. The first-order valence-corrected chi connectivity index (χ1v) is 3.59. The van der Waals surface area contributed by atoms with Crippen molar-refractivity contribution in [2.45, 2.75) is 6.18 Å². The maximum Gasteiger partial charge on any atom is 0.420 e. The van der Waals surface area contributed by atoms with Crippen LogP contribution in [0.1, 0.15) is 16.2 Å². The van der Waals surface area contributed by atoms with E-state index in [2.05, 4.69) is 9.97 Å². The van der Waals surface area contributed by atoms with Crippen molar-refractivity contribution in [3.63, 3.8) is 0 Å². The van der Waals surface area contributed by atoms with E-state index in [1.807, 2.05) is 0 Å². The van der Waals surface area contributed by atoms with Crippen molar-refractivity contribution >= 4 is 17.5 Å². The summed E-state index contributed by atoms with van der Waals surface area (Å²) in [6, 6.07) is 0. The van der Waals surface area contributed by atoms with Crippen LogP contribution in [0.4, 0.5) is 13.2 Å². The molecule has 76 valence electrons. The van der Waals surface area contributed by atoms with Crippen molar-refractivity contribution in [3.05, 3.63) is 22.7 Å². The van der Waals surface area contributed by atoms with Crippen molar-refractivity contribution in [1.29, 1.82) is 0 Å². The Kier molecular flexibility index (Phi) is 2.61. The molecule has 4 nitrogen and oxygen atoms in total. The zero-order chi connectivity index (χ0) is 10.9. The predicted molar refractivity (Wildman–Crippen MR) is 40.6 cm³/mol. The number of amides is 1. The zero-order valence-electron chi connectivity index (χ0n) is 6.47. The van der Waals surface area contributed by atoms with E-state index in [4.69, 9.17) is 17.3 Å². The smallest absolute Gasteiger partial charge is 0.363 e. The molecule has 8 heteroatoms. The Morgan fingerprint density at radius 3 is 2.43 bits per heavy atom. The Morgan fingerprint density at radius 1 is 1.50 bits per heavy atom. The maximum atomic E-state index is 12.1. The topological polar surface area (TPSA) is 68.9 Å². The quantitative estimate of drug-likeness (QED) is 0.732. The number of hydrogen-bond acceptors (Lipinski definition) is 3. The first kappa shape index (κ1) is 10.7. The zero-order valence-corrected chi connectivity index (χ0v) is 7.23. The van der Waals surface area contributed by atoms with Crippen LogP contribution in [-0.4, -0.2) is 15.9 Å². The lowest BCUT2D eigenvalue weighted by Crippen LogP contribution is -2.17. The molecule has 0 aliphatic rings. The number of carbonyl (C=O) groups is 1. The molecule has 0 radical (unpaired) electrons. The van der Waals surface area contributed by atoms with E-state index in [0.29, 0.717) is 6.20 Å². The molecule has 0 saturated heterocycles. The Bertz CT molecular complexity index is 379. The summed E-state index contributed by atoms with van der Waals surface area (Å²) in [5, 5.41) is -0.846. The van der Waals surface area contributed by atoms with E-state index >= 15 is 0 Å². The largest absolute Gasteiger partial charge is 0.420 e. The third-order valence-corrected chi connectivity index (χ3v) is 1.56. The molecule has 1 aromatic heterocycles. The molecule has 0 aliphatic carbocycles. The Balaban J connectivity index is 3.21. The van der Waals surface area contributed by atoms with Gasteiger partial charge in [0.1, 0.15) is 10.7 Å². The molecule has 0 bridgehead atoms. The van der Waals surface area contributed by atoms with Gasteiger partial charge in [0.2, 0.25) is 5.82 Å². The van der Waals surface area contributed by atoms with Crippen molar-refractivity contribution in [1.82, 2.24) is 9.97 Å². The van der Waals surface area contributed by atoms with Crippen LogP contribution in [-0.2, 0) is 6.18 Å². The molecule has 0 fully saturated rings. The van der Waals surface area contributed by atoms with E-state index in [0.717, 1.165) is 0 Å². The summed E-state index contributed by atoms with van der Waals surface area (Å²) in [7, 11) is 0. The minimum atomic E-state index is -4.65. The molecule has 1 rings (SSSR count). The van der Waals surface area contributed by atoms with Crippen molar-refractivity contribution in [2.75, 3.05) is 0 Å². The number of alkyl halides is 3. The lowest BCUT2D eigenvalue weighted by molar-refractivity contribution is -0.138. The van der Waals surface area contributed by atoms with Gasteiger partial charge in [-0.3, -0.25) is 4.79 Å². The van der Waals surface area contributed by atoms with E-state index in [9.17, 15) is 18.0 Å². The number of carbonyl (C=O) groups excluding carboxylic acids is 1. The van der Waals surface area contributed by atoms with Crippen molar-refractivity contribution < 1.29 is 18.0 Å². The molecule has 1 amide bonds. The molecule has 14 heavy (non-hydrogen) atoms. The first-order valence-electron chi connectivity index (χ1n) is 3.22. The summed E-state index contributed by atoms with van der Waals surface area (Å²) < 4.78 is 36.3. The molecule has 0 spiro atoms. The van der Waals surface area contributed by atoms with Gasteiger partial charge < -0.3 is 5.73 Å². The number of nitrogens with zero attached hydrogens (tertiary/aromatic N) is 2. The molecule has 0 aliphatic heterocycles. The van der Waals surface area contributed by atoms with Crippen LogP contribution in [0.3, 0.4) is 0 Å². The van der Waals surface area contributed by atoms with Crippen LogP contribution in [0.25, 0.3) is 0 Å². The third-order valence-electron chi connectivity index (χ3n) is 1.27. The second-order valence-corrected chi connectivity index (χ2v) is 2.62. The van der Waals surface area contributed by atoms with Gasteiger partial charge in [-0.15, -0.1) is 0 Å². The molecule has 0 saturated carbocycles. The van der Waals surface area contributed by atoms with Crippen molar-refractivity contribution in [2.24, 2.45) is 5.73 Å². The molecule has 1 heterocycles. The maximum absolute atomic E-state index is 12.1. The molecule has 0 aromatic carbocycles.